The van der Waals surface area contributed by atoms with E-state index in [0.29, 0.717) is 5.75 Å². The lowest BCUT2D eigenvalue weighted by atomic mass is 10.1. The molecular formula is C20H25NO2S. The maximum Gasteiger partial charge on any atom is 0.230 e. The Hall–Kier alpha value is -1.94. The first kappa shape index (κ1) is 18.4. The quantitative estimate of drug-likeness (QED) is 0.773. The summed E-state index contributed by atoms with van der Waals surface area (Å²) in [6.45, 7) is 4.16. The summed E-state index contributed by atoms with van der Waals surface area (Å²) in [5, 5.41) is 3.06. The van der Waals surface area contributed by atoms with Gasteiger partial charge in [0.05, 0.1) is 18.9 Å². The van der Waals surface area contributed by atoms with Crippen molar-refractivity contribution in [3.63, 3.8) is 0 Å². The molecule has 2 rings (SSSR count). The van der Waals surface area contributed by atoms with Crippen molar-refractivity contribution in [2.45, 2.75) is 32.1 Å². The molecule has 0 spiro atoms. The molecule has 0 aliphatic rings. The van der Waals surface area contributed by atoms with Gasteiger partial charge in [0, 0.05) is 5.75 Å². The summed E-state index contributed by atoms with van der Waals surface area (Å²) < 4.78 is 5.14. The van der Waals surface area contributed by atoms with Gasteiger partial charge >= 0.3 is 0 Å². The van der Waals surface area contributed by atoms with Gasteiger partial charge in [0.1, 0.15) is 5.75 Å². The molecule has 2 aromatic carbocycles. The van der Waals surface area contributed by atoms with E-state index in [1.165, 1.54) is 11.1 Å². The van der Waals surface area contributed by atoms with Crippen LogP contribution in [0.4, 0.5) is 0 Å². The number of aryl methyl sites for hydroxylation is 1. The molecule has 0 aromatic heterocycles. The Kier molecular flexibility index (Phi) is 7.19. The van der Waals surface area contributed by atoms with E-state index in [9.17, 15) is 4.79 Å². The van der Waals surface area contributed by atoms with Crippen LogP contribution in [0.25, 0.3) is 0 Å². The van der Waals surface area contributed by atoms with Crippen molar-refractivity contribution in [1.29, 1.82) is 0 Å². The van der Waals surface area contributed by atoms with Crippen LogP contribution in [0.3, 0.4) is 0 Å². The lowest BCUT2D eigenvalue weighted by Gasteiger charge is -2.14. The number of nitrogens with one attached hydrogen (secondary N) is 1. The van der Waals surface area contributed by atoms with Crippen LogP contribution in [-0.4, -0.2) is 18.8 Å². The van der Waals surface area contributed by atoms with Crippen LogP contribution in [0.5, 0.6) is 5.75 Å². The van der Waals surface area contributed by atoms with Gasteiger partial charge in [0.25, 0.3) is 0 Å². The first-order valence-electron chi connectivity index (χ1n) is 8.21. The molecule has 0 fully saturated rings. The van der Waals surface area contributed by atoms with Gasteiger partial charge in [-0.1, -0.05) is 43.3 Å². The normalized spacial score (nSPS) is 11.8. The van der Waals surface area contributed by atoms with E-state index >= 15 is 0 Å². The fourth-order valence-corrected chi connectivity index (χ4v) is 3.19. The molecule has 2 aromatic rings. The summed E-state index contributed by atoms with van der Waals surface area (Å²) in [4.78, 5) is 12.1. The Balaban J connectivity index is 1.75. The third-order valence-electron chi connectivity index (χ3n) is 3.93. The van der Waals surface area contributed by atoms with E-state index in [4.69, 9.17) is 4.74 Å². The zero-order valence-corrected chi connectivity index (χ0v) is 15.4. The summed E-state index contributed by atoms with van der Waals surface area (Å²) in [7, 11) is 1.66. The predicted octanol–water partition coefficient (Wildman–Crippen LogP) is 4.37. The minimum absolute atomic E-state index is 0.0324. The number of thioether (sulfide) groups is 1. The molecule has 1 N–H and O–H groups in total. The number of hydrogen-bond acceptors (Lipinski definition) is 3. The SMILES string of the molecule is CCc1ccc([C@H](C)NC(=O)CSCc2ccc(OC)cc2)cc1. The number of methoxy groups -OCH3 is 1. The van der Waals surface area contributed by atoms with Crippen LogP contribution in [0.1, 0.15) is 36.6 Å². The van der Waals surface area contributed by atoms with E-state index in [1.807, 2.05) is 31.2 Å². The van der Waals surface area contributed by atoms with Crippen molar-refractivity contribution in [2.75, 3.05) is 12.9 Å². The molecule has 0 heterocycles. The first-order chi connectivity index (χ1) is 11.6. The Morgan fingerprint density at radius 2 is 1.71 bits per heavy atom. The van der Waals surface area contributed by atoms with Gasteiger partial charge in [0.15, 0.2) is 0 Å². The molecule has 0 bridgehead atoms. The van der Waals surface area contributed by atoms with Gasteiger partial charge < -0.3 is 10.1 Å². The summed E-state index contributed by atoms with van der Waals surface area (Å²) in [6.07, 6.45) is 1.03. The summed E-state index contributed by atoms with van der Waals surface area (Å²) in [5.74, 6) is 2.20. The van der Waals surface area contributed by atoms with Gasteiger partial charge in [-0.25, -0.2) is 0 Å². The summed E-state index contributed by atoms with van der Waals surface area (Å²) >= 11 is 1.62. The molecule has 0 aliphatic carbocycles. The van der Waals surface area contributed by atoms with E-state index in [-0.39, 0.29) is 11.9 Å². The second-order valence-electron chi connectivity index (χ2n) is 5.73. The third-order valence-corrected chi connectivity index (χ3v) is 4.93. The molecule has 0 radical (unpaired) electrons. The van der Waals surface area contributed by atoms with Gasteiger partial charge in [-0.3, -0.25) is 4.79 Å². The number of rotatable bonds is 8. The van der Waals surface area contributed by atoms with Crippen LogP contribution >= 0.6 is 11.8 Å². The maximum absolute atomic E-state index is 12.1. The Labute approximate surface area is 148 Å². The van der Waals surface area contributed by atoms with E-state index in [0.717, 1.165) is 23.5 Å². The fraction of sp³-hybridized carbons (Fsp3) is 0.350. The van der Waals surface area contributed by atoms with Gasteiger partial charge in [0.2, 0.25) is 5.91 Å². The maximum atomic E-state index is 12.1. The van der Waals surface area contributed by atoms with Crippen LogP contribution in [0, 0.1) is 0 Å². The fourth-order valence-electron chi connectivity index (χ4n) is 2.39. The lowest BCUT2D eigenvalue weighted by molar-refractivity contribution is -0.119. The smallest absolute Gasteiger partial charge is 0.230 e. The van der Waals surface area contributed by atoms with Crippen molar-refractivity contribution in [2.24, 2.45) is 0 Å². The predicted molar refractivity (Wildman–Crippen MR) is 102 cm³/mol. The standard InChI is InChI=1S/C20H25NO2S/c1-4-16-5-9-18(10-6-16)15(2)21-20(22)14-24-13-17-7-11-19(23-3)12-8-17/h5-12,15H,4,13-14H2,1-3H3,(H,21,22)/t15-/m0/s1. The molecule has 1 amide bonds. The van der Waals surface area contributed by atoms with Crippen LogP contribution < -0.4 is 10.1 Å². The Morgan fingerprint density at radius 1 is 1.08 bits per heavy atom. The van der Waals surface area contributed by atoms with E-state index < -0.39 is 0 Å². The van der Waals surface area contributed by atoms with Crippen LogP contribution in [0.15, 0.2) is 48.5 Å². The zero-order valence-electron chi connectivity index (χ0n) is 14.5. The average molecular weight is 343 g/mol. The highest BCUT2D eigenvalue weighted by atomic mass is 32.2. The third kappa shape index (κ3) is 5.60. The largest absolute Gasteiger partial charge is 0.497 e. The van der Waals surface area contributed by atoms with Crippen molar-refractivity contribution < 1.29 is 9.53 Å². The number of carbonyl (C=O) groups is 1. The highest BCUT2D eigenvalue weighted by Crippen LogP contribution is 2.17. The monoisotopic (exact) mass is 343 g/mol. The van der Waals surface area contributed by atoms with Gasteiger partial charge in [-0.2, -0.15) is 0 Å². The number of amides is 1. The molecular weight excluding hydrogens is 318 g/mol. The molecule has 24 heavy (non-hydrogen) atoms. The molecule has 1 atom stereocenters. The van der Waals surface area contributed by atoms with Crippen molar-refractivity contribution in [3.8, 4) is 5.75 Å². The number of carbonyl (C=O) groups excluding carboxylic acids is 1. The second kappa shape index (κ2) is 9.38. The van der Waals surface area contributed by atoms with Crippen LogP contribution in [-0.2, 0) is 17.0 Å². The minimum Gasteiger partial charge on any atom is -0.497 e. The molecule has 0 unspecified atom stereocenters. The van der Waals surface area contributed by atoms with E-state index in [1.54, 1.807) is 18.9 Å². The lowest BCUT2D eigenvalue weighted by Crippen LogP contribution is -2.28. The Morgan fingerprint density at radius 3 is 2.29 bits per heavy atom. The minimum atomic E-state index is 0.0324. The molecule has 128 valence electrons. The number of hydrogen-bond donors (Lipinski definition) is 1. The molecule has 0 aliphatic heterocycles. The first-order valence-corrected chi connectivity index (χ1v) is 9.36. The van der Waals surface area contributed by atoms with Crippen LogP contribution in [0.2, 0.25) is 0 Å². The molecule has 4 heteroatoms. The van der Waals surface area contributed by atoms with Crippen molar-refractivity contribution in [3.05, 3.63) is 65.2 Å². The topological polar surface area (TPSA) is 38.3 Å². The highest BCUT2D eigenvalue weighted by molar-refractivity contribution is 7.99. The summed E-state index contributed by atoms with van der Waals surface area (Å²) in [5.41, 5.74) is 3.64. The van der Waals surface area contributed by atoms with E-state index in [2.05, 4.69) is 36.5 Å². The van der Waals surface area contributed by atoms with Crippen molar-refractivity contribution in [1.82, 2.24) is 5.32 Å². The van der Waals surface area contributed by atoms with Gasteiger partial charge in [-0.05, 0) is 42.2 Å². The van der Waals surface area contributed by atoms with Gasteiger partial charge in [-0.15, -0.1) is 11.8 Å². The number of benzene rings is 2. The molecule has 3 nitrogen and oxygen atoms in total. The molecule has 0 saturated heterocycles. The Bertz CT molecular complexity index is 638. The zero-order chi connectivity index (χ0) is 17.4. The molecule has 0 saturated carbocycles. The van der Waals surface area contributed by atoms with Crippen molar-refractivity contribution >= 4 is 17.7 Å². The summed E-state index contributed by atoms with van der Waals surface area (Å²) in [6, 6.07) is 16.4. The average Bonchev–Trinajstić information content (AvgIpc) is 2.62. The number of ether oxygens (including phenoxy) is 1. The highest BCUT2D eigenvalue weighted by Gasteiger charge is 2.09. The second-order valence-corrected chi connectivity index (χ2v) is 6.71.